The predicted octanol–water partition coefficient (Wildman–Crippen LogP) is 5.26. The summed E-state index contributed by atoms with van der Waals surface area (Å²) in [6.07, 6.45) is -1.30. The molecule has 2 aliphatic heterocycles. The number of aliphatic imine (C=N–C) groups is 2. The lowest BCUT2D eigenvalue weighted by atomic mass is 10.00. The molecule has 2 heterocycles. The van der Waals surface area contributed by atoms with Crippen molar-refractivity contribution < 1.29 is 14.3 Å². The quantitative estimate of drug-likeness (QED) is 0.210. The normalized spacial score (nSPS) is 17.2. The van der Waals surface area contributed by atoms with E-state index in [1.807, 2.05) is 54.6 Å². The fourth-order valence-electron chi connectivity index (χ4n) is 5.42. The number of hydrogen-bond donors (Lipinski definition) is 3. The van der Waals surface area contributed by atoms with E-state index in [1.165, 1.54) is 4.90 Å². The van der Waals surface area contributed by atoms with Crippen LogP contribution < -0.4 is 26.2 Å². The highest BCUT2D eigenvalue weighted by Gasteiger charge is 2.31. The van der Waals surface area contributed by atoms with E-state index in [1.54, 1.807) is 31.3 Å². The third kappa shape index (κ3) is 5.92. The third-order valence-electron chi connectivity index (χ3n) is 7.51. The molecule has 224 valence electrons. The first-order valence-electron chi connectivity index (χ1n) is 14.0. The van der Waals surface area contributed by atoms with Crippen molar-refractivity contribution in [3.8, 4) is 0 Å². The van der Waals surface area contributed by atoms with Gasteiger partial charge in [-0.05, 0) is 36.4 Å². The molecule has 1 fully saturated rings. The second kappa shape index (κ2) is 12.5. The molecule has 1 atom stereocenters. The highest BCUT2D eigenvalue weighted by molar-refractivity contribution is 6.37. The summed E-state index contributed by atoms with van der Waals surface area (Å²) in [4.78, 5) is 39.1. The number of ether oxygens (including phenoxy) is 1. The third-order valence-corrected chi connectivity index (χ3v) is 8.07. The maximum atomic E-state index is 13.8. The molecule has 1 unspecified atom stereocenters. The van der Waals surface area contributed by atoms with Crippen LogP contribution in [-0.2, 0) is 9.53 Å². The first-order chi connectivity index (χ1) is 21.3. The molecule has 4 N–H and O–H groups in total. The van der Waals surface area contributed by atoms with E-state index in [0.29, 0.717) is 51.5 Å². The molecule has 0 bridgehead atoms. The number of guanidine groups is 1. The number of rotatable bonds is 4. The molecule has 0 spiro atoms. The number of nitrogens with one attached hydrogen (secondary N) is 2. The van der Waals surface area contributed by atoms with Crippen LogP contribution in [0.4, 0.5) is 21.9 Å². The van der Waals surface area contributed by atoms with Gasteiger partial charge in [0.15, 0.2) is 0 Å². The van der Waals surface area contributed by atoms with Crippen LogP contribution in [-0.4, -0.2) is 63.1 Å². The zero-order valence-corrected chi connectivity index (χ0v) is 25.3. The van der Waals surface area contributed by atoms with Gasteiger partial charge < -0.3 is 25.6 Å². The summed E-state index contributed by atoms with van der Waals surface area (Å²) in [6.45, 7) is 2.88. The smallest absolute Gasteiger partial charge is 0.318 e. The van der Waals surface area contributed by atoms with Crippen LogP contribution in [0.2, 0.25) is 10.0 Å². The van der Waals surface area contributed by atoms with Gasteiger partial charge in [-0.3, -0.25) is 10.1 Å². The summed E-state index contributed by atoms with van der Waals surface area (Å²) in [5.74, 6) is -0.478. The van der Waals surface area contributed by atoms with Gasteiger partial charge in [0.1, 0.15) is 0 Å². The number of hydrogen-bond acceptors (Lipinski definition) is 6. The number of benzene rings is 4. The number of fused-ring (bicyclic) bond motifs is 2. The lowest BCUT2D eigenvalue weighted by Gasteiger charge is -2.30. The number of likely N-dealkylation sites (N-methyl/N-ethyl adjacent to an activating group) is 1. The molecule has 12 heteroatoms. The number of halogens is 2. The van der Waals surface area contributed by atoms with Crippen LogP contribution in [0, 0.1) is 0 Å². The van der Waals surface area contributed by atoms with Gasteiger partial charge in [-0.1, -0.05) is 65.7 Å². The van der Waals surface area contributed by atoms with E-state index >= 15 is 0 Å². The van der Waals surface area contributed by atoms with Crippen molar-refractivity contribution in [1.82, 2.24) is 5.32 Å². The number of morpholine rings is 1. The summed E-state index contributed by atoms with van der Waals surface area (Å²) in [7, 11) is 1.63. The number of anilines is 3. The Morgan fingerprint density at radius 3 is 2.41 bits per heavy atom. The Morgan fingerprint density at radius 2 is 1.66 bits per heavy atom. The van der Waals surface area contributed by atoms with Crippen molar-refractivity contribution in [2.24, 2.45) is 15.7 Å². The average molecular weight is 631 g/mol. The minimum absolute atomic E-state index is 0.0419. The van der Waals surface area contributed by atoms with E-state index in [0.717, 1.165) is 29.5 Å². The van der Waals surface area contributed by atoms with E-state index in [2.05, 4.69) is 20.5 Å². The van der Waals surface area contributed by atoms with Crippen molar-refractivity contribution in [2.75, 3.05) is 48.5 Å². The molecule has 4 aromatic carbocycles. The Hall–Kier alpha value is -4.64. The molecule has 4 aromatic rings. The lowest BCUT2D eigenvalue weighted by molar-refractivity contribution is -0.119. The van der Waals surface area contributed by atoms with Crippen LogP contribution in [0.25, 0.3) is 10.8 Å². The minimum atomic E-state index is -1.30. The summed E-state index contributed by atoms with van der Waals surface area (Å²) >= 11 is 13.0. The van der Waals surface area contributed by atoms with Crippen molar-refractivity contribution >= 4 is 74.6 Å². The molecule has 10 nitrogen and oxygen atoms in total. The molecule has 3 amide bonds. The predicted molar refractivity (Wildman–Crippen MR) is 176 cm³/mol. The number of carbonyl (C=O) groups is 2. The molecule has 0 saturated carbocycles. The second-order valence-corrected chi connectivity index (χ2v) is 11.1. The largest absolute Gasteiger partial charge is 0.378 e. The van der Waals surface area contributed by atoms with Crippen LogP contribution in [0.15, 0.2) is 88.8 Å². The lowest BCUT2D eigenvalue weighted by Crippen LogP contribution is -2.42. The van der Waals surface area contributed by atoms with Gasteiger partial charge in [-0.25, -0.2) is 14.8 Å². The van der Waals surface area contributed by atoms with Gasteiger partial charge in [0, 0.05) is 63.5 Å². The van der Waals surface area contributed by atoms with Crippen molar-refractivity contribution in [1.29, 1.82) is 0 Å². The van der Waals surface area contributed by atoms with Crippen LogP contribution in [0.5, 0.6) is 0 Å². The Kier molecular flexibility index (Phi) is 8.38. The highest BCUT2D eigenvalue weighted by Crippen LogP contribution is 2.34. The standard InChI is InChI=1S/C32H29Cl2N7O3/c1-40-26-12-10-19(33)18-23(26)28(22-8-4-5-9-24(22)34)37-29(30(40)42)38-32(39-31(35)43)36-25-11-13-27(41-14-16-44-17-15-41)21-7-3-2-6-20(21)25/h2-13,18,29H,14-17H2,1H3,(H4,35,36,38,39,43). The van der Waals surface area contributed by atoms with Crippen molar-refractivity contribution in [2.45, 2.75) is 6.17 Å². The zero-order valence-electron chi connectivity index (χ0n) is 23.8. The monoisotopic (exact) mass is 629 g/mol. The molecule has 44 heavy (non-hydrogen) atoms. The Balaban J connectivity index is 1.45. The molecular weight excluding hydrogens is 601 g/mol. The number of primary amides is 1. The number of carbonyl (C=O) groups excluding carboxylic acids is 2. The van der Waals surface area contributed by atoms with Gasteiger partial charge in [-0.2, -0.15) is 0 Å². The summed E-state index contributed by atoms with van der Waals surface area (Å²) in [6, 6.07) is 23.3. The fourth-order valence-corrected chi connectivity index (χ4v) is 5.81. The van der Waals surface area contributed by atoms with E-state index < -0.39 is 18.1 Å². The molecule has 1 saturated heterocycles. The number of urea groups is 1. The Bertz CT molecular complexity index is 1820. The first-order valence-corrected chi connectivity index (χ1v) is 14.7. The topological polar surface area (TPSA) is 125 Å². The van der Waals surface area contributed by atoms with Gasteiger partial charge in [0.05, 0.1) is 24.6 Å². The fraction of sp³-hybridized carbons (Fsp3) is 0.188. The maximum absolute atomic E-state index is 13.8. The number of nitrogens with zero attached hydrogens (tertiary/aromatic N) is 4. The van der Waals surface area contributed by atoms with E-state index in [9.17, 15) is 9.59 Å². The molecule has 0 radical (unpaired) electrons. The molecule has 6 rings (SSSR count). The molecule has 0 aliphatic carbocycles. The highest BCUT2D eigenvalue weighted by atomic mass is 35.5. The van der Waals surface area contributed by atoms with Gasteiger partial charge >= 0.3 is 6.03 Å². The molecular formula is C32H29Cl2N7O3. The van der Waals surface area contributed by atoms with Crippen molar-refractivity contribution in [3.05, 3.63) is 100 Å². The number of benzodiazepines with no additional fused rings is 1. The minimum Gasteiger partial charge on any atom is -0.378 e. The second-order valence-electron chi connectivity index (χ2n) is 10.3. The SMILES string of the molecule is CN1C(=O)C(/N=C(\NC(N)=O)Nc2ccc(N3CCOCC3)c3ccccc23)N=C(c2ccccc2Cl)c2cc(Cl)ccc21. The average Bonchev–Trinajstić information content (AvgIpc) is 3.12. The van der Waals surface area contributed by atoms with Crippen LogP contribution in [0.3, 0.4) is 0 Å². The van der Waals surface area contributed by atoms with E-state index in [-0.39, 0.29) is 5.96 Å². The van der Waals surface area contributed by atoms with Gasteiger partial charge in [0.2, 0.25) is 12.1 Å². The molecule has 0 aromatic heterocycles. The van der Waals surface area contributed by atoms with Crippen molar-refractivity contribution in [3.63, 3.8) is 0 Å². The van der Waals surface area contributed by atoms with Gasteiger partial charge in [-0.15, -0.1) is 0 Å². The summed E-state index contributed by atoms with van der Waals surface area (Å²) in [5.41, 5.74) is 9.50. The molecule has 2 aliphatic rings. The van der Waals surface area contributed by atoms with E-state index in [4.69, 9.17) is 38.7 Å². The van der Waals surface area contributed by atoms with Crippen LogP contribution in [0.1, 0.15) is 11.1 Å². The Morgan fingerprint density at radius 1 is 0.955 bits per heavy atom. The Labute approximate surface area is 264 Å². The first kappa shape index (κ1) is 29.4. The zero-order chi connectivity index (χ0) is 30.8. The summed E-state index contributed by atoms with van der Waals surface area (Å²) < 4.78 is 5.54. The maximum Gasteiger partial charge on any atom is 0.318 e. The number of nitrogens with two attached hydrogens (primary N) is 1. The number of amides is 3. The summed E-state index contributed by atoms with van der Waals surface area (Å²) in [5, 5.41) is 8.54. The van der Waals surface area contributed by atoms with Gasteiger partial charge in [0.25, 0.3) is 5.91 Å². The van der Waals surface area contributed by atoms with Crippen LogP contribution >= 0.6 is 23.2 Å².